The van der Waals surface area contributed by atoms with Crippen molar-refractivity contribution < 1.29 is 9.53 Å². The Morgan fingerprint density at radius 1 is 1.12 bits per heavy atom. The van der Waals surface area contributed by atoms with Crippen molar-refractivity contribution in [3.05, 3.63) is 60.2 Å². The fourth-order valence-electron chi connectivity index (χ4n) is 3.05. The summed E-state index contributed by atoms with van der Waals surface area (Å²) in [4.78, 5) is 14.7. The minimum atomic E-state index is -0.0634. The number of ether oxygens (including phenoxy) is 1. The summed E-state index contributed by atoms with van der Waals surface area (Å²) in [5.41, 5.74) is 6.75. The fourth-order valence-corrected chi connectivity index (χ4v) is 3.05. The third kappa shape index (κ3) is 3.60. The van der Waals surface area contributed by atoms with Crippen LogP contribution in [0.3, 0.4) is 0 Å². The number of carbonyl (C=O) groups is 1. The van der Waals surface area contributed by atoms with Crippen LogP contribution in [0, 0.1) is 5.41 Å². The molecule has 3 rings (SSSR count). The van der Waals surface area contributed by atoms with E-state index in [0.29, 0.717) is 24.4 Å². The minimum Gasteiger partial charge on any atom is -0.457 e. The van der Waals surface area contributed by atoms with Crippen molar-refractivity contribution in [2.45, 2.75) is 26.3 Å². The SMILES string of the molecule is CC1(C)CN(C(=O)c2cccc(Oc3ccccc3)c2)CCC1N. The number of piperidine rings is 1. The van der Waals surface area contributed by atoms with Crippen LogP contribution < -0.4 is 10.5 Å². The lowest BCUT2D eigenvalue weighted by atomic mass is 9.79. The van der Waals surface area contributed by atoms with Crippen LogP contribution in [0.5, 0.6) is 11.5 Å². The number of carbonyl (C=O) groups excluding carboxylic acids is 1. The maximum absolute atomic E-state index is 12.8. The molecular formula is C20H24N2O2. The third-order valence-corrected chi connectivity index (χ3v) is 4.66. The van der Waals surface area contributed by atoms with Gasteiger partial charge in [0.15, 0.2) is 0 Å². The van der Waals surface area contributed by atoms with E-state index in [0.717, 1.165) is 12.2 Å². The van der Waals surface area contributed by atoms with E-state index >= 15 is 0 Å². The fraction of sp³-hybridized carbons (Fsp3) is 0.350. The van der Waals surface area contributed by atoms with Crippen LogP contribution in [0.2, 0.25) is 0 Å². The molecule has 1 amide bonds. The number of likely N-dealkylation sites (tertiary alicyclic amines) is 1. The molecule has 4 nitrogen and oxygen atoms in total. The summed E-state index contributed by atoms with van der Waals surface area (Å²) >= 11 is 0. The Labute approximate surface area is 143 Å². The summed E-state index contributed by atoms with van der Waals surface area (Å²) in [5.74, 6) is 1.46. The van der Waals surface area contributed by atoms with Gasteiger partial charge in [0.25, 0.3) is 5.91 Å². The standard InChI is InChI=1S/C20H24N2O2/c1-20(2)14-22(12-11-18(20)21)19(23)15-7-6-10-17(13-15)24-16-8-4-3-5-9-16/h3-10,13,18H,11-12,14,21H2,1-2H3. The van der Waals surface area contributed by atoms with Crippen molar-refractivity contribution in [3.8, 4) is 11.5 Å². The molecule has 126 valence electrons. The Morgan fingerprint density at radius 2 is 1.83 bits per heavy atom. The summed E-state index contributed by atoms with van der Waals surface area (Å²) in [6, 6.07) is 17.0. The highest BCUT2D eigenvalue weighted by Crippen LogP contribution is 2.29. The largest absolute Gasteiger partial charge is 0.457 e. The Bertz CT molecular complexity index is 713. The van der Waals surface area contributed by atoms with Gasteiger partial charge in [0.2, 0.25) is 0 Å². The molecule has 1 saturated heterocycles. The zero-order valence-electron chi connectivity index (χ0n) is 14.2. The monoisotopic (exact) mass is 324 g/mol. The molecule has 0 aromatic heterocycles. The lowest BCUT2D eigenvalue weighted by molar-refractivity contribution is 0.0532. The molecule has 1 aliphatic rings. The number of rotatable bonds is 3. The second kappa shape index (κ2) is 6.65. The van der Waals surface area contributed by atoms with Gasteiger partial charge in [-0.2, -0.15) is 0 Å². The molecule has 2 N–H and O–H groups in total. The molecule has 2 aromatic rings. The molecule has 0 aliphatic carbocycles. The predicted molar refractivity (Wildman–Crippen MR) is 95.2 cm³/mol. The summed E-state index contributed by atoms with van der Waals surface area (Å²) in [7, 11) is 0. The quantitative estimate of drug-likeness (QED) is 0.937. The van der Waals surface area contributed by atoms with Gasteiger partial charge in [-0.25, -0.2) is 0 Å². The van der Waals surface area contributed by atoms with Crippen LogP contribution in [0.1, 0.15) is 30.6 Å². The molecule has 24 heavy (non-hydrogen) atoms. The second-order valence-electron chi connectivity index (χ2n) is 7.05. The van der Waals surface area contributed by atoms with E-state index in [4.69, 9.17) is 10.5 Å². The Hall–Kier alpha value is -2.33. The van der Waals surface area contributed by atoms with E-state index in [1.807, 2.05) is 53.4 Å². The van der Waals surface area contributed by atoms with Gasteiger partial charge in [-0.15, -0.1) is 0 Å². The molecule has 1 fully saturated rings. The Kier molecular flexibility index (Phi) is 4.58. The number of nitrogens with two attached hydrogens (primary N) is 1. The van der Waals surface area contributed by atoms with Gasteiger partial charge >= 0.3 is 0 Å². The number of hydrogen-bond acceptors (Lipinski definition) is 3. The van der Waals surface area contributed by atoms with Crippen LogP contribution in [0.4, 0.5) is 0 Å². The third-order valence-electron chi connectivity index (χ3n) is 4.66. The normalized spacial score (nSPS) is 19.8. The zero-order valence-corrected chi connectivity index (χ0v) is 14.2. The van der Waals surface area contributed by atoms with Crippen molar-refractivity contribution in [1.82, 2.24) is 4.90 Å². The van der Waals surface area contributed by atoms with Crippen LogP contribution in [0.15, 0.2) is 54.6 Å². The van der Waals surface area contributed by atoms with Crippen molar-refractivity contribution >= 4 is 5.91 Å². The van der Waals surface area contributed by atoms with E-state index in [1.54, 1.807) is 6.07 Å². The first kappa shape index (κ1) is 16.5. The van der Waals surface area contributed by atoms with Crippen LogP contribution in [-0.2, 0) is 0 Å². The van der Waals surface area contributed by atoms with Crippen molar-refractivity contribution in [2.24, 2.45) is 11.1 Å². The van der Waals surface area contributed by atoms with Gasteiger partial charge in [-0.3, -0.25) is 4.79 Å². The number of hydrogen-bond donors (Lipinski definition) is 1. The molecule has 2 aromatic carbocycles. The van der Waals surface area contributed by atoms with Gasteiger partial charge in [-0.05, 0) is 42.2 Å². The number of nitrogens with zero attached hydrogens (tertiary/aromatic N) is 1. The highest BCUT2D eigenvalue weighted by Gasteiger charge is 2.35. The first-order chi connectivity index (χ1) is 11.5. The lowest BCUT2D eigenvalue weighted by Crippen LogP contribution is -2.53. The summed E-state index contributed by atoms with van der Waals surface area (Å²) in [6.07, 6.45) is 0.832. The van der Waals surface area contributed by atoms with E-state index in [-0.39, 0.29) is 17.4 Å². The number of benzene rings is 2. The molecule has 1 unspecified atom stereocenters. The topological polar surface area (TPSA) is 55.6 Å². The average molecular weight is 324 g/mol. The Balaban J connectivity index is 1.75. The first-order valence-corrected chi connectivity index (χ1v) is 8.33. The van der Waals surface area contributed by atoms with E-state index in [1.165, 1.54) is 0 Å². The maximum atomic E-state index is 12.8. The predicted octanol–water partition coefficient (Wildman–Crippen LogP) is 3.68. The van der Waals surface area contributed by atoms with Crippen LogP contribution in [-0.4, -0.2) is 29.9 Å². The number of para-hydroxylation sites is 1. The van der Waals surface area contributed by atoms with Gasteiger partial charge in [0.1, 0.15) is 11.5 Å². The van der Waals surface area contributed by atoms with Crippen molar-refractivity contribution in [1.29, 1.82) is 0 Å². The minimum absolute atomic E-state index is 0.0356. The zero-order chi connectivity index (χ0) is 17.2. The molecule has 1 heterocycles. The number of amides is 1. The first-order valence-electron chi connectivity index (χ1n) is 8.33. The maximum Gasteiger partial charge on any atom is 0.254 e. The molecule has 1 atom stereocenters. The highest BCUT2D eigenvalue weighted by molar-refractivity contribution is 5.94. The highest BCUT2D eigenvalue weighted by atomic mass is 16.5. The molecule has 4 heteroatoms. The molecule has 0 radical (unpaired) electrons. The van der Waals surface area contributed by atoms with E-state index in [2.05, 4.69) is 13.8 Å². The summed E-state index contributed by atoms with van der Waals surface area (Å²) < 4.78 is 5.82. The van der Waals surface area contributed by atoms with Crippen LogP contribution >= 0.6 is 0 Å². The summed E-state index contributed by atoms with van der Waals surface area (Å²) in [5, 5.41) is 0. The molecule has 0 bridgehead atoms. The van der Waals surface area contributed by atoms with Gasteiger partial charge in [0.05, 0.1) is 0 Å². The van der Waals surface area contributed by atoms with Crippen LogP contribution in [0.25, 0.3) is 0 Å². The van der Waals surface area contributed by atoms with Crippen molar-refractivity contribution in [3.63, 3.8) is 0 Å². The molecule has 0 spiro atoms. The molecule has 0 saturated carbocycles. The van der Waals surface area contributed by atoms with E-state index in [9.17, 15) is 4.79 Å². The van der Waals surface area contributed by atoms with Gasteiger partial charge in [-0.1, -0.05) is 38.1 Å². The average Bonchev–Trinajstić information content (AvgIpc) is 2.58. The van der Waals surface area contributed by atoms with Gasteiger partial charge < -0.3 is 15.4 Å². The van der Waals surface area contributed by atoms with E-state index < -0.39 is 0 Å². The summed E-state index contributed by atoms with van der Waals surface area (Å²) in [6.45, 7) is 5.61. The smallest absolute Gasteiger partial charge is 0.254 e. The molecule has 1 aliphatic heterocycles. The lowest BCUT2D eigenvalue weighted by Gasteiger charge is -2.42. The molecular weight excluding hydrogens is 300 g/mol. The Morgan fingerprint density at radius 3 is 2.54 bits per heavy atom. The second-order valence-corrected chi connectivity index (χ2v) is 7.05. The van der Waals surface area contributed by atoms with Crippen molar-refractivity contribution in [2.75, 3.05) is 13.1 Å². The van der Waals surface area contributed by atoms with Gasteiger partial charge in [0, 0.05) is 24.7 Å².